The van der Waals surface area contributed by atoms with Gasteiger partial charge in [0.1, 0.15) is 0 Å². The summed E-state index contributed by atoms with van der Waals surface area (Å²) in [5, 5.41) is 3.40. The van der Waals surface area contributed by atoms with Gasteiger partial charge in [-0.15, -0.1) is 0 Å². The maximum absolute atomic E-state index is 5.48. The maximum Gasteiger partial charge on any atom is 0.0705 e. The highest BCUT2D eigenvalue weighted by atomic mass is 16.5. The molecule has 0 saturated carbocycles. The fourth-order valence-corrected chi connectivity index (χ4v) is 0.967. The minimum atomic E-state index is 0.210. The number of nitrogens with two attached hydrogens (primary N) is 1. The van der Waals surface area contributed by atoms with Crippen LogP contribution in [0.1, 0.15) is 26.7 Å². The molecule has 0 aromatic rings. The van der Waals surface area contributed by atoms with E-state index >= 15 is 0 Å². The summed E-state index contributed by atoms with van der Waals surface area (Å²) in [7, 11) is 1.71. The molecule has 0 fully saturated rings. The summed E-state index contributed by atoms with van der Waals surface area (Å²) in [6.07, 6.45) is 2.37. The van der Waals surface area contributed by atoms with Crippen LogP contribution in [0.4, 0.5) is 0 Å². The SMILES string of the molecule is CCC(C)NCCC(CN)OC. The molecule has 0 radical (unpaired) electrons. The molecule has 0 aliphatic rings. The van der Waals surface area contributed by atoms with Gasteiger partial charge in [0, 0.05) is 19.7 Å². The van der Waals surface area contributed by atoms with E-state index in [1.165, 1.54) is 6.42 Å². The quantitative estimate of drug-likeness (QED) is 0.598. The molecule has 3 nitrogen and oxygen atoms in total. The van der Waals surface area contributed by atoms with Crippen LogP contribution < -0.4 is 11.1 Å². The predicted molar refractivity (Wildman–Crippen MR) is 52.2 cm³/mol. The van der Waals surface area contributed by atoms with E-state index in [1.807, 2.05) is 0 Å². The smallest absolute Gasteiger partial charge is 0.0705 e. The highest BCUT2D eigenvalue weighted by Gasteiger charge is 2.04. The fourth-order valence-electron chi connectivity index (χ4n) is 0.967. The summed E-state index contributed by atoms with van der Waals surface area (Å²) in [5.41, 5.74) is 5.48. The number of rotatable bonds is 7. The van der Waals surface area contributed by atoms with E-state index in [2.05, 4.69) is 19.2 Å². The first kappa shape index (κ1) is 11.9. The molecule has 0 aromatic heterocycles. The second kappa shape index (κ2) is 7.53. The Kier molecular flexibility index (Phi) is 7.45. The molecule has 0 heterocycles. The Balaban J connectivity index is 3.28. The summed E-state index contributed by atoms with van der Waals surface area (Å²) >= 11 is 0. The number of nitrogens with one attached hydrogen (secondary N) is 1. The van der Waals surface area contributed by atoms with Crippen molar-refractivity contribution >= 4 is 0 Å². The summed E-state index contributed by atoms with van der Waals surface area (Å²) in [6.45, 7) is 5.96. The third kappa shape index (κ3) is 5.52. The summed E-state index contributed by atoms with van der Waals surface area (Å²) < 4.78 is 5.15. The Hall–Kier alpha value is -0.120. The maximum atomic E-state index is 5.48. The first-order valence-corrected chi connectivity index (χ1v) is 4.70. The van der Waals surface area contributed by atoms with E-state index in [0.29, 0.717) is 12.6 Å². The average Bonchev–Trinajstić information content (AvgIpc) is 2.12. The molecular weight excluding hydrogens is 152 g/mol. The van der Waals surface area contributed by atoms with E-state index < -0.39 is 0 Å². The molecule has 0 rings (SSSR count). The van der Waals surface area contributed by atoms with Gasteiger partial charge in [0.15, 0.2) is 0 Å². The van der Waals surface area contributed by atoms with Gasteiger partial charge in [-0.2, -0.15) is 0 Å². The van der Waals surface area contributed by atoms with Crippen molar-refractivity contribution in [3.63, 3.8) is 0 Å². The van der Waals surface area contributed by atoms with Crippen molar-refractivity contribution in [1.29, 1.82) is 0 Å². The van der Waals surface area contributed by atoms with Gasteiger partial charge in [0.05, 0.1) is 6.10 Å². The second-order valence-electron chi connectivity index (χ2n) is 3.15. The minimum absolute atomic E-state index is 0.210. The van der Waals surface area contributed by atoms with E-state index in [1.54, 1.807) is 7.11 Å². The fraction of sp³-hybridized carbons (Fsp3) is 1.00. The molecule has 2 unspecified atom stereocenters. The van der Waals surface area contributed by atoms with Crippen LogP contribution in [-0.2, 0) is 4.74 Å². The summed E-state index contributed by atoms with van der Waals surface area (Å²) in [6, 6.07) is 0.597. The second-order valence-corrected chi connectivity index (χ2v) is 3.15. The summed E-state index contributed by atoms with van der Waals surface area (Å²) in [4.78, 5) is 0. The van der Waals surface area contributed by atoms with Crippen molar-refractivity contribution < 1.29 is 4.74 Å². The predicted octanol–water partition coefficient (Wildman–Crippen LogP) is 0.738. The molecule has 0 aliphatic heterocycles. The Morgan fingerprint density at radius 1 is 1.50 bits per heavy atom. The van der Waals surface area contributed by atoms with Crippen molar-refractivity contribution in [2.24, 2.45) is 5.73 Å². The largest absolute Gasteiger partial charge is 0.380 e. The Morgan fingerprint density at radius 2 is 2.17 bits per heavy atom. The molecule has 12 heavy (non-hydrogen) atoms. The lowest BCUT2D eigenvalue weighted by atomic mass is 10.2. The van der Waals surface area contributed by atoms with Crippen LogP contribution in [0.2, 0.25) is 0 Å². The average molecular weight is 174 g/mol. The molecule has 0 spiro atoms. The van der Waals surface area contributed by atoms with Gasteiger partial charge in [-0.25, -0.2) is 0 Å². The molecule has 0 aromatic carbocycles. The highest BCUT2D eigenvalue weighted by Crippen LogP contribution is 1.94. The Labute approximate surface area is 75.7 Å². The standard InChI is InChI=1S/C9H22N2O/c1-4-8(2)11-6-5-9(7-10)12-3/h8-9,11H,4-7,10H2,1-3H3. The van der Waals surface area contributed by atoms with Gasteiger partial charge in [-0.1, -0.05) is 6.92 Å². The highest BCUT2D eigenvalue weighted by molar-refractivity contribution is 4.63. The van der Waals surface area contributed by atoms with Crippen molar-refractivity contribution in [3.8, 4) is 0 Å². The van der Waals surface area contributed by atoms with E-state index in [0.717, 1.165) is 13.0 Å². The van der Waals surface area contributed by atoms with Gasteiger partial charge in [0.2, 0.25) is 0 Å². The van der Waals surface area contributed by atoms with Crippen LogP contribution in [0.15, 0.2) is 0 Å². The zero-order valence-electron chi connectivity index (χ0n) is 8.47. The topological polar surface area (TPSA) is 47.3 Å². The molecule has 0 aliphatic carbocycles. The Bertz CT molecular complexity index is 94.5. The number of methoxy groups -OCH3 is 1. The molecule has 0 amide bonds. The first-order chi connectivity index (χ1) is 5.74. The zero-order chi connectivity index (χ0) is 9.40. The van der Waals surface area contributed by atoms with Gasteiger partial charge >= 0.3 is 0 Å². The van der Waals surface area contributed by atoms with Gasteiger partial charge < -0.3 is 15.8 Å². The first-order valence-electron chi connectivity index (χ1n) is 4.70. The minimum Gasteiger partial charge on any atom is -0.380 e. The molecule has 3 heteroatoms. The number of ether oxygens (including phenoxy) is 1. The van der Waals surface area contributed by atoms with Crippen LogP contribution in [0.3, 0.4) is 0 Å². The van der Waals surface area contributed by atoms with Crippen LogP contribution >= 0.6 is 0 Å². The van der Waals surface area contributed by atoms with Crippen LogP contribution in [-0.4, -0.2) is 32.3 Å². The number of hydrogen-bond donors (Lipinski definition) is 2. The van der Waals surface area contributed by atoms with E-state index in [-0.39, 0.29) is 6.10 Å². The number of hydrogen-bond acceptors (Lipinski definition) is 3. The summed E-state index contributed by atoms with van der Waals surface area (Å²) in [5.74, 6) is 0. The van der Waals surface area contributed by atoms with Gasteiger partial charge in [-0.3, -0.25) is 0 Å². The molecule has 0 saturated heterocycles. The van der Waals surface area contributed by atoms with E-state index in [4.69, 9.17) is 10.5 Å². The van der Waals surface area contributed by atoms with Crippen molar-refractivity contribution in [2.75, 3.05) is 20.2 Å². The lowest BCUT2D eigenvalue weighted by molar-refractivity contribution is 0.101. The van der Waals surface area contributed by atoms with Crippen LogP contribution in [0.5, 0.6) is 0 Å². The third-order valence-electron chi connectivity index (χ3n) is 2.17. The monoisotopic (exact) mass is 174 g/mol. The van der Waals surface area contributed by atoms with Crippen LogP contribution in [0, 0.1) is 0 Å². The van der Waals surface area contributed by atoms with Crippen molar-refractivity contribution in [2.45, 2.75) is 38.8 Å². The molecule has 0 bridgehead atoms. The molecule has 74 valence electrons. The molecular formula is C9H22N2O. The third-order valence-corrected chi connectivity index (χ3v) is 2.17. The normalized spacial score (nSPS) is 16.0. The molecule has 3 N–H and O–H groups in total. The van der Waals surface area contributed by atoms with Gasteiger partial charge in [0.25, 0.3) is 0 Å². The van der Waals surface area contributed by atoms with Crippen LogP contribution in [0.25, 0.3) is 0 Å². The van der Waals surface area contributed by atoms with E-state index in [9.17, 15) is 0 Å². The van der Waals surface area contributed by atoms with Crippen molar-refractivity contribution in [1.82, 2.24) is 5.32 Å². The van der Waals surface area contributed by atoms with Crippen molar-refractivity contribution in [3.05, 3.63) is 0 Å². The molecule has 2 atom stereocenters. The zero-order valence-corrected chi connectivity index (χ0v) is 8.47. The lowest BCUT2D eigenvalue weighted by Crippen LogP contribution is -2.31. The van der Waals surface area contributed by atoms with Gasteiger partial charge in [-0.05, 0) is 26.3 Å². The lowest BCUT2D eigenvalue weighted by Gasteiger charge is -2.15. The Morgan fingerprint density at radius 3 is 2.58 bits per heavy atom.